The van der Waals surface area contributed by atoms with Crippen LogP contribution in [0.25, 0.3) is 10.2 Å². The van der Waals surface area contributed by atoms with E-state index in [0.29, 0.717) is 43.6 Å². The van der Waals surface area contributed by atoms with E-state index in [2.05, 4.69) is 44.7 Å². The number of hydrogen-bond acceptors (Lipinski definition) is 6. The van der Waals surface area contributed by atoms with Crippen LogP contribution in [0.5, 0.6) is 0 Å². The second kappa shape index (κ2) is 9.76. The van der Waals surface area contributed by atoms with Crippen LogP contribution in [0.1, 0.15) is 41.8 Å². The van der Waals surface area contributed by atoms with Gasteiger partial charge in [-0.25, -0.2) is 13.4 Å². The average molecular weight is 527 g/mol. The molecule has 0 saturated carbocycles. The van der Waals surface area contributed by atoms with Crippen LogP contribution in [0.4, 0.5) is 5.13 Å². The lowest BCUT2D eigenvalue weighted by Crippen LogP contribution is -2.48. The number of aryl methyl sites for hydroxylation is 2. The summed E-state index contributed by atoms with van der Waals surface area (Å²) in [5.74, 6) is 0.632. The lowest BCUT2D eigenvalue weighted by molar-refractivity contribution is 0.0746. The molecule has 7 nitrogen and oxygen atoms in total. The van der Waals surface area contributed by atoms with Gasteiger partial charge in [-0.05, 0) is 79.6 Å². The van der Waals surface area contributed by atoms with Crippen LogP contribution in [0, 0.1) is 25.7 Å². The highest BCUT2D eigenvalue weighted by atomic mass is 32.2. The highest BCUT2D eigenvalue weighted by Crippen LogP contribution is 2.31. The predicted octanol–water partition coefficient (Wildman–Crippen LogP) is 4.54. The molecule has 2 aliphatic heterocycles. The number of nitrogens with zero attached hydrogens (tertiary/aromatic N) is 4. The summed E-state index contributed by atoms with van der Waals surface area (Å²) in [6.07, 6.45) is 1.05. The van der Waals surface area contributed by atoms with Crippen LogP contribution in [-0.4, -0.2) is 67.8 Å². The third kappa shape index (κ3) is 4.88. The van der Waals surface area contributed by atoms with E-state index in [0.717, 1.165) is 30.2 Å². The van der Waals surface area contributed by atoms with E-state index in [1.165, 1.54) is 15.8 Å². The van der Waals surface area contributed by atoms with E-state index in [4.69, 9.17) is 4.98 Å². The maximum absolute atomic E-state index is 13.2. The van der Waals surface area contributed by atoms with Gasteiger partial charge in [0.1, 0.15) is 0 Å². The highest BCUT2D eigenvalue weighted by Gasteiger charge is 2.32. The molecule has 2 atom stereocenters. The van der Waals surface area contributed by atoms with Crippen LogP contribution < -0.4 is 4.90 Å². The van der Waals surface area contributed by atoms with Crippen molar-refractivity contribution >= 4 is 42.6 Å². The van der Waals surface area contributed by atoms with Crippen molar-refractivity contribution in [2.45, 2.75) is 39.0 Å². The first-order valence-corrected chi connectivity index (χ1v) is 14.9. The van der Waals surface area contributed by atoms with Crippen molar-refractivity contribution in [3.63, 3.8) is 0 Å². The number of piperazine rings is 1. The van der Waals surface area contributed by atoms with Crippen molar-refractivity contribution < 1.29 is 13.2 Å². The monoisotopic (exact) mass is 526 g/mol. The molecule has 2 aliphatic rings. The minimum Gasteiger partial charge on any atom is -0.345 e. The van der Waals surface area contributed by atoms with Gasteiger partial charge in [0.05, 0.1) is 15.1 Å². The Morgan fingerprint density at radius 3 is 2.19 bits per heavy atom. The Bertz CT molecular complexity index is 1330. The average Bonchev–Trinajstić information content (AvgIpc) is 3.26. The van der Waals surface area contributed by atoms with Gasteiger partial charge in [0.2, 0.25) is 10.0 Å². The molecule has 1 aromatic heterocycles. The number of rotatable bonds is 4. The first-order chi connectivity index (χ1) is 17.1. The molecular weight excluding hydrogens is 492 g/mol. The number of carbonyl (C=O) groups is 1. The van der Waals surface area contributed by atoms with E-state index < -0.39 is 10.0 Å². The Morgan fingerprint density at radius 1 is 0.944 bits per heavy atom. The van der Waals surface area contributed by atoms with E-state index >= 15 is 0 Å². The molecule has 2 saturated heterocycles. The summed E-state index contributed by atoms with van der Waals surface area (Å²) in [6.45, 7) is 12.2. The fourth-order valence-corrected chi connectivity index (χ4v) is 8.08. The number of anilines is 1. The van der Waals surface area contributed by atoms with E-state index in [9.17, 15) is 13.2 Å². The van der Waals surface area contributed by atoms with Gasteiger partial charge in [-0.1, -0.05) is 25.2 Å². The molecule has 5 rings (SSSR count). The number of sulfonamides is 1. The normalized spacial score (nSPS) is 21.8. The molecule has 0 N–H and O–H groups in total. The number of carbonyl (C=O) groups excluding carboxylic acids is 1. The quantitative estimate of drug-likeness (QED) is 0.499. The zero-order valence-corrected chi connectivity index (χ0v) is 23.0. The molecule has 192 valence electrons. The Labute approximate surface area is 217 Å². The summed E-state index contributed by atoms with van der Waals surface area (Å²) in [6, 6.07) is 10.8. The number of aromatic nitrogens is 1. The van der Waals surface area contributed by atoms with Crippen LogP contribution >= 0.6 is 11.3 Å². The molecule has 0 bridgehead atoms. The Kier molecular flexibility index (Phi) is 6.82. The molecule has 0 radical (unpaired) electrons. The number of benzene rings is 2. The predicted molar refractivity (Wildman–Crippen MR) is 145 cm³/mol. The topological polar surface area (TPSA) is 73.8 Å². The molecule has 2 fully saturated rings. The van der Waals surface area contributed by atoms with Gasteiger partial charge in [-0.2, -0.15) is 4.31 Å². The maximum atomic E-state index is 13.2. The molecule has 0 spiro atoms. The SMILES string of the molecule is Cc1cc2nc(N3CCN(C(=O)c4ccc(S(=O)(=O)N5CC(C)CC(C)C5)cc4)CC3)sc2cc1C. The van der Waals surface area contributed by atoms with Gasteiger partial charge >= 0.3 is 0 Å². The van der Waals surface area contributed by atoms with E-state index in [1.807, 2.05) is 4.90 Å². The lowest BCUT2D eigenvalue weighted by Gasteiger charge is -2.35. The smallest absolute Gasteiger partial charge is 0.253 e. The summed E-state index contributed by atoms with van der Waals surface area (Å²) in [5.41, 5.74) is 4.06. The molecule has 3 aromatic rings. The number of amides is 1. The number of hydrogen-bond donors (Lipinski definition) is 0. The van der Waals surface area contributed by atoms with Gasteiger partial charge in [-0.3, -0.25) is 4.79 Å². The van der Waals surface area contributed by atoms with Gasteiger partial charge < -0.3 is 9.80 Å². The molecule has 3 heterocycles. The van der Waals surface area contributed by atoms with Crippen LogP contribution in [-0.2, 0) is 10.0 Å². The van der Waals surface area contributed by atoms with Crippen molar-refractivity contribution in [3.05, 3.63) is 53.1 Å². The molecule has 0 aliphatic carbocycles. The summed E-state index contributed by atoms with van der Waals surface area (Å²) in [5, 5.41) is 0.998. The summed E-state index contributed by atoms with van der Waals surface area (Å²) >= 11 is 1.70. The number of thiazole rings is 1. The number of piperidine rings is 1. The Hall–Kier alpha value is -2.49. The zero-order chi connectivity index (χ0) is 25.6. The fraction of sp³-hybridized carbons (Fsp3) is 0.481. The van der Waals surface area contributed by atoms with Gasteiger partial charge in [-0.15, -0.1) is 0 Å². The zero-order valence-electron chi connectivity index (χ0n) is 21.4. The molecule has 2 unspecified atom stereocenters. The summed E-state index contributed by atoms with van der Waals surface area (Å²) in [4.78, 5) is 22.3. The lowest BCUT2D eigenvalue weighted by atomic mass is 9.94. The summed E-state index contributed by atoms with van der Waals surface area (Å²) in [7, 11) is -3.55. The van der Waals surface area contributed by atoms with Gasteiger partial charge in [0.25, 0.3) is 5.91 Å². The Balaban J connectivity index is 1.23. The van der Waals surface area contributed by atoms with Crippen molar-refractivity contribution in [2.24, 2.45) is 11.8 Å². The van der Waals surface area contributed by atoms with Gasteiger partial charge in [0, 0.05) is 44.8 Å². The third-order valence-electron chi connectivity index (χ3n) is 7.40. The van der Waals surface area contributed by atoms with Crippen molar-refractivity contribution in [1.82, 2.24) is 14.2 Å². The first-order valence-electron chi connectivity index (χ1n) is 12.6. The standard InChI is InChI=1S/C27H34N4O3S2/c1-18-13-19(2)17-31(16-18)36(33,34)23-7-5-22(6-8-23)26(32)29-9-11-30(12-10-29)27-28-24-14-20(3)21(4)15-25(24)35-27/h5-8,14-15,18-19H,9-13,16-17H2,1-4H3. The van der Waals surface area contributed by atoms with Crippen molar-refractivity contribution in [2.75, 3.05) is 44.2 Å². The molecule has 36 heavy (non-hydrogen) atoms. The molecule has 1 amide bonds. The Morgan fingerprint density at radius 2 is 1.56 bits per heavy atom. The largest absolute Gasteiger partial charge is 0.345 e. The van der Waals surface area contributed by atoms with Crippen molar-refractivity contribution in [3.8, 4) is 0 Å². The summed E-state index contributed by atoms with van der Waals surface area (Å²) < 4.78 is 29.1. The second-order valence-corrected chi connectivity index (χ2v) is 13.4. The highest BCUT2D eigenvalue weighted by molar-refractivity contribution is 7.89. The second-order valence-electron chi connectivity index (χ2n) is 10.5. The van der Waals surface area contributed by atoms with E-state index in [-0.39, 0.29) is 10.8 Å². The minimum atomic E-state index is -3.55. The molecule has 2 aromatic carbocycles. The van der Waals surface area contributed by atoms with E-state index in [1.54, 1.807) is 39.9 Å². The minimum absolute atomic E-state index is 0.0608. The molecule has 9 heteroatoms. The molecular formula is C27H34N4O3S2. The van der Waals surface area contributed by atoms with Crippen LogP contribution in [0.3, 0.4) is 0 Å². The van der Waals surface area contributed by atoms with Crippen LogP contribution in [0.2, 0.25) is 0 Å². The van der Waals surface area contributed by atoms with Gasteiger partial charge in [0.15, 0.2) is 5.13 Å². The number of fused-ring (bicyclic) bond motifs is 1. The van der Waals surface area contributed by atoms with Crippen molar-refractivity contribution in [1.29, 1.82) is 0 Å². The van der Waals surface area contributed by atoms with Crippen LogP contribution in [0.15, 0.2) is 41.3 Å². The maximum Gasteiger partial charge on any atom is 0.253 e. The first kappa shape index (κ1) is 25.2. The third-order valence-corrected chi connectivity index (χ3v) is 10.3. The fourth-order valence-electron chi connectivity index (χ4n) is 5.31.